The number of benzene rings is 3. The molecule has 0 amide bonds. The number of fused-ring (bicyclic) bond motifs is 1. The van der Waals surface area contributed by atoms with Crippen LogP contribution < -0.4 is 0 Å². The Bertz CT molecular complexity index is 979. The number of rotatable bonds is 3. The van der Waals surface area contributed by atoms with Crippen molar-refractivity contribution in [1.82, 2.24) is 0 Å². The van der Waals surface area contributed by atoms with Crippen LogP contribution in [0.3, 0.4) is 0 Å². The largest absolute Gasteiger partial charge is 0.289 e. The number of ketones is 1. The van der Waals surface area contributed by atoms with Gasteiger partial charge in [-0.1, -0.05) is 97.1 Å². The summed E-state index contributed by atoms with van der Waals surface area (Å²) in [4.78, 5) is 13.2. The predicted molar refractivity (Wildman–Crippen MR) is 108 cm³/mol. The third-order valence-corrected chi connectivity index (χ3v) is 4.83. The summed E-state index contributed by atoms with van der Waals surface area (Å²) in [6.45, 7) is 0. The van der Waals surface area contributed by atoms with Crippen LogP contribution in [0.25, 0.3) is 11.6 Å². The van der Waals surface area contributed by atoms with Gasteiger partial charge in [0.05, 0.1) is 0 Å². The Kier molecular flexibility index (Phi) is 4.61. The molecule has 0 heterocycles. The zero-order chi connectivity index (χ0) is 17.8. The lowest BCUT2D eigenvalue weighted by Gasteiger charge is -2.20. The average Bonchev–Trinajstić information content (AvgIpc) is 2.71. The minimum Gasteiger partial charge on any atom is -0.289 e. The Morgan fingerprint density at radius 1 is 0.731 bits per heavy atom. The maximum absolute atomic E-state index is 13.2. The maximum atomic E-state index is 13.2. The van der Waals surface area contributed by atoms with Gasteiger partial charge in [-0.2, -0.15) is 0 Å². The number of allylic oxidation sites excluding steroid dienone is 3. The Hall–Kier alpha value is -3.19. The summed E-state index contributed by atoms with van der Waals surface area (Å²) in [7, 11) is 0. The Morgan fingerprint density at radius 2 is 1.38 bits per heavy atom. The molecule has 1 heteroatoms. The zero-order valence-electron chi connectivity index (χ0n) is 14.6. The van der Waals surface area contributed by atoms with E-state index < -0.39 is 0 Å². The minimum atomic E-state index is 0.156. The van der Waals surface area contributed by atoms with Gasteiger partial charge in [0, 0.05) is 11.1 Å². The maximum Gasteiger partial charge on any atom is 0.189 e. The monoisotopic (exact) mass is 336 g/mol. The fraction of sp³-hybridized carbons (Fsp3) is 0.0800. The molecular formula is C25H20O. The van der Waals surface area contributed by atoms with Crippen LogP contribution in [0.1, 0.15) is 33.5 Å². The van der Waals surface area contributed by atoms with E-state index in [0.717, 1.165) is 46.2 Å². The third-order valence-electron chi connectivity index (χ3n) is 4.83. The molecule has 0 bridgehead atoms. The fourth-order valence-corrected chi connectivity index (χ4v) is 3.49. The second kappa shape index (κ2) is 7.37. The number of hydrogen-bond acceptors (Lipinski definition) is 1. The quantitative estimate of drug-likeness (QED) is 0.537. The van der Waals surface area contributed by atoms with E-state index in [2.05, 4.69) is 42.5 Å². The van der Waals surface area contributed by atoms with Crippen LogP contribution in [0.5, 0.6) is 0 Å². The first-order valence-corrected chi connectivity index (χ1v) is 8.97. The molecular weight excluding hydrogens is 316 g/mol. The summed E-state index contributed by atoms with van der Waals surface area (Å²) >= 11 is 0. The Labute approximate surface area is 154 Å². The molecule has 0 radical (unpaired) electrons. The Balaban J connectivity index is 1.82. The molecule has 0 unspecified atom stereocenters. The van der Waals surface area contributed by atoms with Crippen LogP contribution in [0, 0.1) is 0 Å². The molecule has 3 aromatic rings. The number of hydrogen-bond donors (Lipinski definition) is 0. The summed E-state index contributed by atoms with van der Waals surface area (Å²) in [6, 6.07) is 28.4. The van der Waals surface area contributed by atoms with Gasteiger partial charge in [-0.15, -0.1) is 0 Å². The van der Waals surface area contributed by atoms with Crippen LogP contribution in [-0.4, -0.2) is 5.78 Å². The first kappa shape index (κ1) is 16.3. The van der Waals surface area contributed by atoms with Gasteiger partial charge in [-0.25, -0.2) is 0 Å². The van der Waals surface area contributed by atoms with Crippen LogP contribution in [-0.2, 0) is 6.42 Å². The highest BCUT2D eigenvalue weighted by atomic mass is 16.1. The van der Waals surface area contributed by atoms with E-state index in [9.17, 15) is 4.79 Å². The molecule has 0 fully saturated rings. The van der Waals surface area contributed by atoms with E-state index >= 15 is 0 Å². The van der Waals surface area contributed by atoms with E-state index in [0.29, 0.717) is 0 Å². The summed E-state index contributed by atoms with van der Waals surface area (Å²) in [5.41, 5.74) is 6.14. The molecule has 4 rings (SSSR count). The summed E-state index contributed by atoms with van der Waals surface area (Å²) in [5.74, 6) is 0.156. The smallest absolute Gasteiger partial charge is 0.189 e. The average molecular weight is 336 g/mol. The molecule has 0 aliphatic heterocycles. The van der Waals surface area contributed by atoms with Crippen molar-refractivity contribution < 1.29 is 4.79 Å². The summed E-state index contributed by atoms with van der Waals surface area (Å²) < 4.78 is 0. The van der Waals surface area contributed by atoms with E-state index in [4.69, 9.17) is 0 Å². The highest BCUT2D eigenvalue weighted by Gasteiger charge is 2.24. The highest BCUT2D eigenvalue weighted by molar-refractivity contribution is 6.16. The third kappa shape index (κ3) is 3.29. The fourth-order valence-electron chi connectivity index (χ4n) is 3.49. The number of carbonyl (C=O) groups is 1. The Morgan fingerprint density at radius 3 is 2.15 bits per heavy atom. The molecule has 126 valence electrons. The van der Waals surface area contributed by atoms with Crippen molar-refractivity contribution in [2.75, 3.05) is 0 Å². The van der Waals surface area contributed by atoms with Crippen LogP contribution >= 0.6 is 0 Å². The molecule has 1 aliphatic rings. The molecule has 0 atom stereocenters. The van der Waals surface area contributed by atoms with Gasteiger partial charge >= 0.3 is 0 Å². The summed E-state index contributed by atoms with van der Waals surface area (Å²) in [6.07, 6.45) is 5.86. The second-order valence-corrected chi connectivity index (χ2v) is 6.49. The zero-order valence-corrected chi connectivity index (χ0v) is 14.6. The van der Waals surface area contributed by atoms with Gasteiger partial charge in [0.2, 0.25) is 0 Å². The lowest BCUT2D eigenvalue weighted by atomic mass is 9.83. The van der Waals surface area contributed by atoms with Gasteiger partial charge < -0.3 is 0 Å². The lowest BCUT2D eigenvalue weighted by Crippen LogP contribution is -2.15. The predicted octanol–water partition coefficient (Wildman–Crippen LogP) is 5.98. The number of Topliss-reactive ketones (excluding diaryl/α,β-unsaturated/α-hetero) is 1. The van der Waals surface area contributed by atoms with Crippen molar-refractivity contribution in [3.05, 3.63) is 119 Å². The van der Waals surface area contributed by atoms with Crippen molar-refractivity contribution in [3.8, 4) is 0 Å². The van der Waals surface area contributed by atoms with Crippen molar-refractivity contribution in [1.29, 1.82) is 0 Å². The van der Waals surface area contributed by atoms with Crippen LogP contribution in [0.2, 0.25) is 0 Å². The minimum absolute atomic E-state index is 0.156. The van der Waals surface area contributed by atoms with E-state index in [-0.39, 0.29) is 5.78 Å². The van der Waals surface area contributed by atoms with Crippen molar-refractivity contribution in [3.63, 3.8) is 0 Å². The highest BCUT2D eigenvalue weighted by Crippen LogP contribution is 2.32. The molecule has 0 saturated heterocycles. The molecule has 1 aliphatic carbocycles. The standard InChI is InChI=1S/C25H20O/c26-25-23-14-8-7-13-21(23)16-18-24(25)22(20-11-5-2-6-12-20)17-15-19-9-3-1-4-10-19/h1-15,17H,16,18H2/b17-15+,24-22+. The van der Waals surface area contributed by atoms with Gasteiger partial charge in [-0.05, 0) is 35.1 Å². The molecule has 26 heavy (non-hydrogen) atoms. The topological polar surface area (TPSA) is 17.1 Å². The summed E-state index contributed by atoms with van der Waals surface area (Å²) in [5, 5.41) is 0. The van der Waals surface area contributed by atoms with Crippen molar-refractivity contribution in [2.45, 2.75) is 12.8 Å². The van der Waals surface area contributed by atoms with E-state index in [1.165, 1.54) is 0 Å². The van der Waals surface area contributed by atoms with Gasteiger partial charge in [0.1, 0.15) is 0 Å². The molecule has 0 N–H and O–H groups in total. The first-order chi connectivity index (χ1) is 12.8. The van der Waals surface area contributed by atoms with Gasteiger partial charge in [-0.3, -0.25) is 4.79 Å². The van der Waals surface area contributed by atoms with Gasteiger partial charge in [0.25, 0.3) is 0 Å². The molecule has 0 saturated carbocycles. The van der Waals surface area contributed by atoms with E-state index in [1.54, 1.807) is 0 Å². The normalized spacial score (nSPS) is 15.8. The molecule has 0 spiro atoms. The lowest BCUT2D eigenvalue weighted by molar-refractivity contribution is 0.102. The van der Waals surface area contributed by atoms with E-state index in [1.807, 2.05) is 54.6 Å². The molecule has 0 aromatic heterocycles. The van der Waals surface area contributed by atoms with Crippen LogP contribution in [0.15, 0.2) is 96.6 Å². The number of carbonyl (C=O) groups excluding carboxylic acids is 1. The molecule has 1 nitrogen and oxygen atoms in total. The second-order valence-electron chi connectivity index (χ2n) is 6.49. The molecule has 3 aromatic carbocycles. The van der Waals surface area contributed by atoms with Crippen molar-refractivity contribution >= 4 is 17.4 Å². The SMILES string of the molecule is O=C1/C(=C(\C=C\c2ccccc2)c2ccccc2)CCc2ccccc21. The first-order valence-electron chi connectivity index (χ1n) is 8.97. The van der Waals surface area contributed by atoms with Crippen molar-refractivity contribution in [2.24, 2.45) is 0 Å². The number of aryl methyl sites for hydroxylation is 1. The van der Waals surface area contributed by atoms with Gasteiger partial charge in [0.15, 0.2) is 5.78 Å². The van der Waals surface area contributed by atoms with Crippen LogP contribution in [0.4, 0.5) is 0 Å².